The molecule has 23 heavy (non-hydrogen) atoms. The van der Waals surface area contributed by atoms with Gasteiger partial charge in [-0.2, -0.15) is 0 Å². The molecule has 2 aromatic rings. The van der Waals surface area contributed by atoms with Gasteiger partial charge in [-0.05, 0) is 30.2 Å². The number of benzene rings is 2. The second kappa shape index (κ2) is 5.38. The Bertz CT molecular complexity index is 801. The largest absolute Gasteiger partial charge is 0.491 e. The fourth-order valence-electron chi connectivity index (χ4n) is 3.29. The highest BCUT2D eigenvalue weighted by atomic mass is 32.2. The summed E-state index contributed by atoms with van der Waals surface area (Å²) >= 11 is 2.92. The molecule has 0 unspecified atom stereocenters. The monoisotopic (exact) mass is 354 g/mol. The van der Waals surface area contributed by atoms with Crippen molar-refractivity contribution in [2.45, 2.75) is 11.0 Å². The summed E-state index contributed by atoms with van der Waals surface area (Å²) in [6.45, 7) is 2.13. The fraction of sp³-hybridized carbons (Fsp3) is 0.294. The van der Waals surface area contributed by atoms with E-state index in [0.717, 1.165) is 17.6 Å². The second-order valence-corrected chi connectivity index (χ2v) is 8.21. The number of halogens is 3. The topological polar surface area (TPSA) is 9.23 Å². The maximum absolute atomic E-state index is 15.1. The molecule has 1 aliphatic heterocycles. The molecule has 1 aliphatic carbocycles. The molecule has 1 nitrogen and oxygen atoms in total. The maximum Gasteiger partial charge on any atom is 0.171 e. The summed E-state index contributed by atoms with van der Waals surface area (Å²) in [5.41, 5.74) is 1.87. The van der Waals surface area contributed by atoms with Crippen molar-refractivity contribution in [3.63, 3.8) is 0 Å². The van der Waals surface area contributed by atoms with Gasteiger partial charge in [-0.1, -0.05) is 12.1 Å². The summed E-state index contributed by atoms with van der Waals surface area (Å²) in [4.78, 5) is 0. The Morgan fingerprint density at radius 2 is 1.57 bits per heavy atom. The molecule has 0 aromatic heterocycles. The van der Waals surface area contributed by atoms with Crippen LogP contribution in [0.4, 0.5) is 13.2 Å². The molecular weight excluding hydrogens is 341 g/mol. The van der Waals surface area contributed by atoms with Gasteiger partial charge < -0.3 is 4.74 Å². The lowest BCUT2D eigenvalue weighted by atomic mass is 10.1. The van der Waals surface area contributed by atoms with Gasteiger partial charge in [0.15, 0.2) is 23.2 Å². The SMILES string of the molecule is CCOc1ccc2c(c1F)C1(SCCS1)c1c-2ccc(F)c1F. The summed E-state index contributed by atoms with van der Waals surface area (Å²) < 4.78 is 47.9. The van der Waals surface area contributed by atoms with Crippen LogP contribution in [0, 0.1) is 17.5 Å². The lowest BCUT2D eigenvalue weighted by Gasteiger charge is -2.25. The smallest absolute Gasteiger partial charge is 0.171 e. The van der Waals surface area contributed by atoms with Gasteiger partial charge in [-0.3, -0.25) is 0 Å². The highest BCUT2D eigenvalue weighted by molar-refractivity contribution is 8.20. The van der Waals surface area contributed by atoms with Gasteiger partial charge >= 0.3 is 0 Å². The molecule has 2 aliphatic rings. The third kappa shape index (κ3) is 1.97. The van der Waals surface area contributed by atoms with Crippen LogP contribution in [0.5, 0.6) is 5.75 Å². The minimum Gasteiger partial charge on any atom is -0.491 e. The Labute approximate surface area is 140 Å². The molecule has 0 atom stereocenters. The Kier molecular flexibility index (Phi) is 3.57. The van der Waals surface area contributed by atoms with E-state index in [4.69, 9.17) is 4.74 Å². The van der Waals surface area contributed by atoms with Crippen molar-refractivity contribution in [3.8, 4) is 16.9 Å². The number of ether oxygens (including phenoxy) is 1. The zero-order chi connectivity index (χ0) is 16.2. The number of hydrogen-bond acceptors (Lipinski definition) is 3. The average Bonchev–Trinajstić information content (AvgIpc) is 3.12. The molecule has 4 rings (SSSR count). The van der Waals surface area contributed by atoms with Crippen LogP contribution < -0.4 is 4.74 Å². The Morgan fingerprint density at radius 1 is 0.957 bits per heavy atom. The highest BCUT2D eigenvalue weighted by Crippen LogP contribution is 2.65. The Morgan fingerprint density at radius 3 is 2.22 bits per heavy atom. The first kappa shape index (κ1) is 15.3. The van der Waals surface area contributed by atoms with E-state index in [2.05, 4.69) is 0 Å². The maximum atomic E-state index is 15.1. The van der Waals surface area contributed by atoms with E-state index >= 15 is 4.39 Å². The number of thioether (sulfide) groups is 2. The molecular formula is C17H13F3OS2. The van der Waals surface area contributed by atoms with Gasteiger partial charge in [-0.15, -0.1) is 23.5 Å². The number of rotatable bonds is 2. The van der Waals surface area contributed by atoms with E-state index in [-0.39, 0.29) is 11.3 Å². The zero-order valence-electron chi connectivity index (χ0n) is 12.3. The van der Waals surface area contributed by atoms with Crippen LogP contribution in [-0.4, -0.2) is 18.1 Å². The molecule has 0 amide bonds. The van der Waals surface area contributed by atoms with E-state index in [1.54, 1.807) is 25.1 Å². The molecule has 0 radical (unpaired) electrons. The predicted molar refractivity (Wildman–Crippen MR) is 88.6 cm³/mol. The van der Waals surface area contributed by atoms with Crippen molar-refractivity contribution in [1.82, 2.24) is 0 Å². The van der Waals surface area contributed by atoms with Crippen LogP contribution in [0.15, 0.2) is 24.3 Å². The number of hydrogen-bond donors (Lipinski definition) is 0. The van der Waals surface area contributed by atoms with Gasteiger partial charge in [0, 0.05) is 22.6 Å². The minimum absolute atomic E-state index is 0.160. The lowest BCUT2D eigenvalue weighted by molar-refractivity contribution is 0.320. The van der Waals surface area contributed by atoms with E-state index in [0.29, 0.717) is 23.3 Å². The predicted octanol–water partition coefficient (Wildman–Crippen LogP) is 5.16. The van der Waals surface area contributed by atoms with Crippen LogP contribution in [0.1, 0.15) is 18.1 Å². The molecule has 0 N–H and O–H groups in total. The molecule has 1 heterocycles. The third-order valence-electron chi connectivity index (χ3n) is 4.14. The van der Waals surface area contributed by atoms with Crippen molar-refractivity contribution >= 4 is 23.5 Å². The highest BCUT2D eigenvalue weighted by Gasteiger charge is 2.51. The molecule has 0 bridgehead atoms. The van der Waals surface area contributed by atoms with Crippen molar-refractivity contribution in [1.29, 1.82) is 0 Å². The van der Waals surface area contributed by atoms with E-state index in [9.17, 15) is 8.78 Å². The molecule has 120 valence electrons. The second-order valence-electron chi connectivity index (χ2n) is 5.33. The molecule has 2 aromatic carbocycles. The van der Waals surface area contributed by atoms with E-state index < -0.39 is 21.5 Å². The lowest BCUT2D eigenvalue weighted by Crippen LogP contribution is -2.17. The standard InChI is InChI=1S/C17H13F3OS2/c1-2-21-12-6-4-10-9-3-5-11(18)15(19)13(9)17(14(10)16(12)20)22-7-8-23-17/h3-6H,2,7-8H2,1H3. The van der Waals surface area contributed by atoms with Gasteiger partial charge in [-0.25, -0.2) is 13.2 Å². The van der Waals surface area contributed by atoms with Crippen molar-refractivity contribution in [2.75, 3.05) is 18.1 Å². The normalized spacial score (nSPS) is 17.4. The molecule has 1 saturated heterocycles. The third-order valence-corrected chi connectivity index (χ3v) is 7.56. The van der Waals surface area contributed by atoms with Gasteiger partial charge in [0.2, 0.25) is 0 Å². The first-order valence-electron chi connectivity index (χ1n) is 7.32. The van der Waals surface area contributed by atoms with Crippen molar-refractivity contribution in [2.24, 2.45) is 0 Å². The molecule has 1 spiro atoms. The summed E-state index contributed by atoms with van der Waals surface area (Å²) in [7, 11) is 0. The Balaban J connectivity index is 2.06. The summed E-state index contributed by atoms with van der Waals surface area (Å²) in [6.07, 6.45) is 0. The first-order chi connectivity index (χ1) is 11.1. The summed E-state index contributed by atoms with van der Waals surface area (Å²) in [5.74, 6) is -0.558. The van der Waals surface area contributed by atoms with E-state index in [1.807, 2.05) is 0 Å². The molecule has 0 saturated carbocycles. The quantitative estimate of drug-likeness (QED) is 0.737. The van der Waals surface area contributed by atoms with E-state index in [1.165, 1.54) is 23.5 Å². The average molecular weight is 354 g/mol. The van der Waals surface area contributed by atoms with Crippen LogP contribution in [0.2, 0.25) is 0 Å². The number of fused-ring (bicyclic) bond motifs is 5. The first-order valence-corrected chi connectivity index (χ1v) is 9.30. The van der Waals surface area contributed by atoms with Gasteiger partial charge in [0.1, 0.15) is 4.08 Å². The van der Waals surface area contributed by atoms with Crippen LogP contribution in [-0.2, 0) is 4.08 Å². The van der Waals surface area contributed by atoms with Crippen molar-refractivity contribution in [3.05, 3.63) is 52.8 Å². The van der Waals surface area contributed by atoms with Crippen LogP contribution in [0.3, 0.4) is 0 Å². The van der Waals surface area contributed by atoms with Gasteiger partial charge in [0.05, 0.1) is 6.61 Å². The van der Waals surface area contributed by atoms with Crippen molar-refractivity contribution < 1.29 is 17.9 Å². The zero-order valence-corrected chi connectivity index (χ0v) is 13.9. The van der Waals surface area contributed by atoms with Crippen LogP contribution >= 0.6 is 23.5 Å². The molecule has 6 heteroatoms. The van der Waals surface area contributed by atoms with Gasteiger partial charge in [0.25, 0.3) is 0 Å². The summed E-state index contributed by atoms with van der Waals surface area (Å²) in [5, 5.41) is 0. The summed E-state index contributed by atoms with van der Waals surface area (Å²) in [6, 6.07) is 5.95. The van der Waals surface area contributed by atoms with Crippen LogP contribution in [0.25, 0.3) is 11.1 Å². The fourth-order valence-corrected chi connectivity index (χ4v) is 6.74. The Hall–Kier alpha value is -1.27. The molecule has 1 fully saturated rings. The minimum atomic E-state index is -0.923.